The Morgan fingerprint density at radius 3 is 2.36 bits per heavy atom. The molecule has 0 N–H and O–H groups in total. The van der Waals surface area contributed by atoms with Crippen LogP contribution in [0.15, 0.2) is 48.0 Å². The maximum atomic E-state index is 12.6. The second kappa shape index (κ2) is 9.41. The minimum atomic E-state index is -3.26. The summed E-state index contributed by atoms with van der Waals surface area (Å²) in [4.78, 5) is 12.5. The molecule has 0 bridgehead atoms. The normalized spacial score (nSPS) is 11.3. The Kier molecular flexibility index (Phi) is 6.98. The van der Waals surface area contributed by atoms with E-state index < -0.39 is 30.5 Å². The average Bonchev–Trinajstić information content (AvgIpc) is 2.66. The molecular formula is C19H13F4NO4. The zero-order valence-electron chi connectivity index (χ0n) is 14.4. The van der Waals surface area contributed by atoms with Crippen LogP contribution in [0.4, 0.5) is 17.6 Å². The summed E-state index contributed by atoms with van der Waals surface area (Å²) in [6, 6.07) is 10.7. The number of carbonyl (C=O) groups excluding carboxylic acids is 1. The van der Waals surface area contributed by atoms with Gasteiger partial charge < -0.3 is 14.2 Å². The Bertz CT molecular complexity index is 922. The van der Waals surface area contributed by atoms with Gasteiger partial charge in [0, 0.05) is 17.2 Å². The first-order valence-electron chi connectivity index (χ1n) is 7.68. The van der Waals surface area contributed by atoms with Crippen LogP contribution in [-0.4, -0.2) is 26.1 Å². The average molecular weight is 395 g/mol. The molecule has 0 fully saturated rings. The highest BCUT2D eigenvalue weighted by Gasteiger charge is 2.17. The minimum absolute atomic E-state index is 0.0882. The van der Waals surface area contributed by atoms with Crippen molar-refractivity contribution in [3.63, 3.8) is 0 Å². The van der Waals surface area contributed by atoms with Gasteiger partial charge in [-0.15, -0.1) is 0 Å². The lowest BCUT2D eigenvalue weighted by Gasteiger charge is -2.11. The molecule has 0 amide bonds. The number of rotatable bonds is 8. The van der Waals surface area contributed by atoms with Gasteiger partial charge in [0.2, 0.25) is 5.78 Å². The molecule has 0 radical (unpaired) electrons. The third-order valence-corrected chi connectivity index (χ3v) is 3.42. The number of hydrogen-bond donors (Lipinski definition) is 0. The molecule has 0 aliphatic rings. The summed E-state index contributed by atoms with van der Waals surface area (Å²) in [5.41, 5.74) is -0.328. The first-order valence-corrected chi connectivity index (χ1v) is 7.68. The van der Waals surface area contributed by atoms with E-state index in [0.717, 1.165) is 24.3 Å². The summed E-state index contributed by atoms with van der Waals surface area (Å²) in [7, 11) is 1.40. The summed E-state index contributed by atoms with van der Waals surface area (Å²) in [5.74, 6) is -1.24. The number of methoxy groups -OCH3 is 1. The molecule has 0 spiro atoms. The van der Waals surface area contributed by atoms with Crippen LogP contribution in [0.2, 0.25) is 0 Å². The van der Waals surface area contributed by atoms with E-state index in [1.165, 1.54) is 19.2 Å². The number of hydrogen-bond acceptors (Lipinski definition) is 5. The maximum absolute atomic E-state index is 12.6. The molecule has 0 aliphatic carbocycles. The van der Waals surface area contributed by atoms with Crippen LogP contribution in [0.3, 0.4) is 0 Å². The summed E-state index contributed by atoms with van der Waals surface area (Å²) in [6.07, 6.45) is 1.02. The monoisotopic (exact) mass is 395 g/mol. The second-order valence-electron chi connectivity index (χ2n) is 5.19. The number of nitrogens with zero attached hydrogens (tertiary/aromatic N) is 1. The largest absolute Gasteiger partial charge is 0.497 e. The Labute approximate surface area is 157 Å². The van der Waals surface area contributed by atoms with Crippen molar-refractivity contribution in [2.75, 3.05) is 7.11 Å². The Hall–Kier alpha value is -3.54. The predicted molar refractivity (Wildman–Crippen MR) is 90.6 cm³/mol. The lowest BCUT2D eigenvalue weighted by atomic mass is 10.0. The minimum Gasteiger partial charge on any atom is -0.497 e. The van der Waals surface area contributed by atoms with Crippen LogP contribution in [0, 0.1) is 11.3 Å². The molecule has 146 valence electrons. The molecule has 0 heterocycles. The molecule has 0 unspecified atom stereocenters. The van der Waals surface area contributed by atoms with Crippen LogP contribution in [0.1, 0.15) is 15.9 Å². The molecule has 0 aromatic heterocycles. The molecule has 2 rings (SSSR count). The first kappa shape index (κ1) is 20.8. The molecule has 0 saturated heterocycles. The number of carbonyl (C=O) groups is 1. The fourth-order valence-electron chi connectivity index (χ4n) is 2.23. The zero-order chi connectivity index (χ0) is 20.7. The van der Waals surface area contributed by atoms with E-state index in [1.807, 2.05) is 0 Å². The van der Waals surface area contributed by atoms with E-state index in [4.69, 9.17) is 4.74 Å². The van der Waals surface area contributed by atoms with Gasteiger partial charge in [-0.25, -0.2) is 0 Å². The van der Waals surface area contributed by atoms with Gasteiger partial charge in [0.05, 0.1) is 7.11 Å². The van der Waals surface area contributed by atoms with Crippen molar-refractivity contribution in [1.82, 2.24) is 0 Å². The number of benzene rings is 2. The van der Waals surface area contributed by atoms with Gasteiger partial charge in [-0.1, -0.05) is 12.1 Å². The van der Waals surface area contributed by atoms with Gasteiger partial charge in [0.15, 0.2) is 0 Å². The second-order valence-corrected chi connectivity index (χ2v) is 5.19. The third-order valence-electron chi connectivity index (χ3n) is 3.42. The Balaban J connectivity index is 2.44. The number of Topliss-reactive ketones (excluding diaryl/α,β-unsaturated/α-hetero) is 1. The van der Waals surface area contributed by atoms with Crippen LogP contribution in [-0.2, 0) is 0 Å². The molecule has 0 saturated carbocycles. The zero-order valence-corrected chi connectivity index (χ0v) is 14.4. The van der Waals surface area contributed by atoms with Crippen molar-refractivity contribution in [1.29, 1.82) is 5.26 Å². The highest BCUT2D eigenvalue weighted by Crippen LogP contribution is 2.30. The Morgan fingerprint density at radius 1 is 1.04 bits per heavy atom. The summed E-state index contributed by atoms with van der Waals surface area (Å²) in [6.45, 7) is -6.42. The van der Waals surface area contributed by atoms with Crippen LogP contribution in [0.25, 0.3) is 6.08 Å². The van der Waals surface area contributed by atoms with Crippen molar-refractivity contribution in [2.24, 2.45) is 0 Å². The maximum Gasteiger partial charge on any atom is 0.387 e. The number of halogens is 4. The number of allylic oxidation sites excluding steroid dienone is 1. The lowest BCUT2D eigenvalue weighted by molar-refractivity contribution is -0.0543. The smallest absolute Gasteiger partial charge is 0.387 e. The van der Waals surface area contributed by atoms with Crippen molar-refractivity contribution in [3.05, 3.63) is 59.2 Å². The van der Waals surface area contributed by atoms with E-state index >= 15 is 0 Å². The van der Waals surface area contributed by atoms with Crippen molar-refractivity contribution < 1.29 is 36.6 Å². The van der Waals surface area contributed by atoms with Crippen LogP contribution < -0.4 is 14.2 Å². The van der Waals surface area contributed by atoms with E-state index in [-0.39, 0.29) is 16.7 Å². The highest BCUT2D eigenvalue weighted by atomic mass is 19.3. The first-order chi connectivity index (χ1) is 13.3. The van der Waals surface area contributed by atoms with Gasteiger partial charge in [-0.05, 0) is 30.3 Å². The molecule has 2 aromatic carbocycles. The summed E-state index contributed by atoms with van der Waals surface area (Å²) in [5, 5.41) is 9.31. The standard InChI is InChI=1S/C19H13F4NO4/c1-26-14-4-2-3-12(8-14)17(25)13(10-24)7-11-5-6-15(27-18(20)21)9-16(11)28-19(22)23/h2-9,18-19H,1H3/b13-7+. The summed E-state index contributed by atoms with van der Waals surface area (Å²) >= 11 is 0. The van der Waals surface area contributed by atoms with Gasteiger partial charge in [-0.3, -0.25) is 4.79 Å². The van der Waals surface area contributed by atoms with Crippen molar-refractivity contribution in [3.8, 4) is 23.3 Å². The van der Waals surface area contributed by atoms with E-state index in [2.05, 4.69) is 9.47 Å². The molecule has 0 atom stereocenters. The van der Waals surface area contributed by atoms with Gasteiger partial charge >= 0.3 is 13.2 Å². The number of ether oxygens (including phenoxy) is 3. The SMILES string of the molecule is COc1cccc(C(=O)/C(C#N)=C/c2ccc(OC(F)F)cc2OC(F)F)c1. The van der Waals surface area contributed by atoms with Gasteiger partial charge in [-0.2, -0.15) is 22.8 Å². The van der Waals surface area contributed by atoms with Crippen LogP contribution >= 0.6 is 0 Å². The topological polar surface area (TPSA) is 68.6 Å². The van der Waals surface area contributed by atoms with Crippen LogP contribution in [0.5, 0.6) is 17.2 Å². The Morgan fingerprint density at radius 2 is 1.75 bits per heavy atom. The quantitative estimate of drug-likeness (QED) is 0.281. The van der Waals surface area contributed by atoms with E-state index in [9.17, 15) is 27.6 Å². The highest BCUT2D eigenvalue weighted by molar-refractivity contribution is 6.14. The van der Waals surface area contributed by atoms with E-state index in [0.29, 0.717) is 5.75 Å². The molecule has 28 heavy (non-hydrogen) atoms. The fraction of sp³-hybridized carbons (Fsp3) is 0.158. The molecule has 0 aliphatic heterocycles. The van der Waals surface area contributed by atoms with Crippen molar-refractivity contribution >= 4 is 11.9 Å². The third kappa shape index (κ3) is 5.48. The lowest BCUT2D eigenvalue weighted by Crippen LogP contribution is -2.06. The van der Waals surface area contributed by atoms with Gasteiger partial charge in [0.1, 0.15) is 28.9 Å². The fourth-order valence-corrected chi connectivity index (χ4v) is 2.23. The van der Waals surface area contributed by atoms with E-state index in [1.54, 1.807) is 18.2 Å². The van der Waals surface area contributed by atoms with Crippen molar-refractivity contribution in [2.45, 2.75) is 13.2 Å². The van der Waals surface area contributed by atoms with Gasteiger partial charge in [0.25, 0.3) is 0 Å². The molecular weight excluding hydrogens is 382 g/mol. The predicted octanol–water partition coefficient (Wildman–Crippen LogP) is 4.69. The number of ketones is 1. The summed E-state index contributed by atoms with van der Waals surface area (Å²) < 4.78 is 63.4. The number of alkyl halides is 4. The molecule has 2 aromatic rings. The molecule has 9 heteroatoms. The number of nitriles is 1. The molecule has 5 nitrogen and oxygen atoms in total.